The van der Waals surface area contributed by atoms with Crippen molar-refractivity contribution in [3.8, 4) is 5.75 Å². The van der Waals surface area contributed by atoms with Gasteiger partial charge in [0.05, 0.1) is 5.52 Å². The molecule has 1 unspecified atom stereocenters. The number of fused-ring (bicyclic) bond motifs is 1. The highest BCUT2D eigenvalue weighted by Gasteiger charge is 2.33. The monoisotopic (exact) mass is 421 g/mol. The number of carbonyl (C=O) groups is 2. The molecule has 160 valence electrons. The van der Waals surface area contributed by atoms with E-state index in [1.54, 1.807) is 53.3 Å². The first-order chi connectivity index (χ1) is 15.0. The van der Waals surface area contributed by atoms with E-state index in [9.17, 15) is 14.0 Å². The van der Waals surface area contributed by atoms with Gasteiger partial charge in [-0.05, 0) is 50.2 Å². The molecule has 1 aromatic heterocycles. The van der Waals surface area contributed by atoms with Gasteiger partial charge in [-0.2, -0.15) is 0 Å². The number of amides is 2. The van der Waals surface area contributed by atoms with E-state index in [1.165, 1.54) is 6.07 Å². The van der Waals surface area contributed by atoms with Gasteiger partial charge in [0.25, 0.3) is 11.8 Å². The average Bonchev–Trinajstić information content (AvgIpc) is 2.80. The molecule has 0 saturated carbocycles. The Labute approximate surface area is 180 Å². The van der Waals surface area contributed by atoms with Crippen LogP contribution in [-0.4, -0.2) is 58.4 Å². The molecule has 0 radical (unpaired) electrons. The fraction of sp³-hybridized carbons (Fsp3) is 0.292. The highest BCUT2D eigenvalue weighted by atomic mass is 19.1. The van der Waals surface area contributed by atoms with E-state index in [4.69, 9.17) is 4.74 Å². The van der Waals surface area contributed by atoms with Crippen LogP contribution in [0.1, 0.15) is 24.2 Å². The van der Waals surface area contributed by atoms with Crippen molar-refractivity contribution in [2.24, 2.45) is 0 Å². The second-order valence-corrected chi connectivity index (χ2v) is 7.70. The smallest absolute Gasteiger partial charge is 0.263 e. The minimum atomic E-state index is -0.876. The summed E-state index contributed by atoms with van der Waals surface area (Å²) >= 11 is 0. The Balaban J connectivity index is 1.45. The first-order valence-electron chi connectivity index (χ1n) is 10.3. The van der Waals surface area contributed by atoms with Crippen molar-refractivity contribution < 1.29 is 18.7 Å². The van der Waals surface area contributed by atoms with Crippen LogP contribution >= 0.6 is 0 Å². The summed E-state index contributed by atoms with van der Waals surface area (Å²) in [4.78, 5) is 33.4. The second-order valence-electron chi connectivity index (χ2n) is 7.70. The zero-order valence-corrected chi connectivity index (χ0v) is 17.5. The summed E-state index contributed by atoms with van der Waals surface area (Å²) in [6, 6.07) is 15.2. The lowest BCUT2D eigenvalue weighted by atomic mass is 10.1. The first-order valence-corrected chi connectivity index (χ1v) is 10.3. The number of nitrogens with zero attached hydrogens (tertiary/aromatic N) is 3. The topological polar surface area (TPSA) is 62.7 Å². The molecule has 0 aliphatic carbocycles. The van der Waals surface area contributed by atoms with Crippen molar-refractivity contribution >= 4 is 22.7 Å². The van der Waals surface area contributed by atoms with Crippen molar-refractivity contribution in [2.45, 2.75) is 26.0 Å². The van der Waals surface area contributed by atoms with Crippen LogP contribution in [0.4, 0.5) is 4.39 Å². The van der Waals surface area contributed by atoms with Crippen molar-refractivity contribution in [3.63, 3.8) is 0 Å². The van der Waals surface area contributed by atoms with Gasteiger partial charge >= 0.3 is 0 Å². The van der Waals surface area contributed by atoms with Crippen LogP contribution in [0.5, 0.6) is 5.75 Å². The molecule has 0 N–H and O–H groups in total. The summed E-state index contributed by atoms with van der Waals surface area (Å²) in [5, 5.41) is 0.522. The van der Waals surface area contributed by atoms with E-state index in [-0.39, 0.29) is 23.6 Å². The number of hydrogen-bond donors (Lipinski definition) is 0. The van der Waals surface area contributed by atoms with Crippen LogP contribution in [0.15, 0.2) is 60.8 Å². The predicted molar refractivity (Wildman–Crippen MR) is 115 cm³/mol. The number of rotatable bonds is 4. The van der Waals surface area contributed by atoms with Crippen molar-refractivity contribution in [2.75, 3.05) is 19.6 Å². The number of benzene rings is 2. The predicted octanol–water partition coefficient (Wildman–Crippen LogP) is 3.51. The lowest BCUT2D eigenvalue weighted by Crippen LogP contribution is -2.57. The third-order valence-corrected chi connectivity index (χ3v) is 5.55. The fourth-order valence-corrected chi connectivity index (χ4v) is 3.91. The summed E-state index contributed by atoms with van der Waals surface area (Å²) < 4.78 is 20.2. The molecular formula is C24H24FN3O3. The Morgan fingerprint density at radius 3 is 2.61 bits per heavy atom. The second kappa shape index (κ2) is 8.71. The standard InChI is InChI=1S/C24H24FN3O3/c1-16-15-27(24(30)18-7-4-3-5-8-18)13-14-28(16)23(29)17(2)31-22-19-9-6-12-26-21(19)11-10-20(22)25/h3-12,16-17H,13-15H2,1-2H3/t16-,17?/m1/s1. The van der Waals surface area contributed by atoms with Gasteiger partial charge in [0.1, 0.15) is 0 Å². The normalized spacial score (nSPS) is 17.5. The van der Waals surface area contributed by atoms with Crippen molar-refractivity contribution in [3.05, 3.63) is 72.2 Å². The maximum absolute atomic E-state index is 14.4. The number of piperazine rings is 1. The molecular weight excluding hydrogens is 397 g/mol. The molecule has 3 aromatic rings. The Bertz CT molecular complexity index is 1110. The number of ether oxygens (including phenoxy) is 1. The minimum absolute atomic E-state index is 0.0250. The summed E-state index contributed by atoms with van der Waals surface area (Å²) in [5.41, 5.74) is 1.23. The molecule has 4 rings (SSSR count). The van der Waals surface area contributed by atoms with Gasteiger partial charge in [-0.25, -0.2) is 4.39 Å². The van der Waals surface area contributed by atoms with Crippen LogP contribution in [0, 0.1) is 5.82 Å². The van der Waals surface area contributed by atoms with Gasteiger partial charge in [-0.3, -0.25) is 14.6 Å². The highest BCUT2D eigenvalue weighted by molar-refractivity contribution is 5.94. The molecule has 2 amide bonds. The van der Waals surface area contributed by atoms with Crippen LogP contribution in [0.2, 0.25) is 0 Å². The molecule has 1 aliphatic heterocycles. The largest absolute Gasteiger partial charge is 0.477 e. The Morgan fingerprint density at radius 1 is 1.10 bits per heavy atom. The fourth-order valence-electron chi connectivity index (χ4n) is 3.91. The molecule has 2 atom stereocenters. The van der Waals surface area contributed by atoms with Crippen molar-refractivity contribution in [1.82, 2.24) is 14.8 Å². The third kappa shape index (κ3) is 4.21. The van der Waals surface area contributed by atoms with E-state index < -0.39 is 11.9 Å². The van der Waals surface area contributed by atoms with Crippen LogP contribution in [0.25, 0.3) is 10.9 Å². The number of hydrogen-bond acceptors (Lipinski definition) is 4. The van der Waals surface area contributed by atoms with E-state index in [0.29, 0.717) is 36.1 Å². The van der Waals surface area contributed by atoms with Crippen LogP contribution in [0.3, 0.4) is 0 Å². The van der Waals surface area contributed by atoms with E-state index in [0.717, 1.165) is 0 Å². The Kier molecular flexibility index (Phi) is 5.84. The molecule has 31 heavy (non-hydrogen) atoms. The maximum atomic E-state index is 14.4. The molecule has 1 saturated heterocycles. The Morgan fingerprint density at radius 2 is 1.87 bits per heavy atom. The quantitative estimate of drug-likeness (QED) is 0.647. The van der Waals surface area contributed by atoms with Gasteiger partial charge < -0.3 is 14.5 Å². The molecule has 2 aromatic carbocycles. The van der Waals surface area contributed by atoms with Gasteiger partial charge in [0, 0.05) is 42.8 Å². The lowest BCUT2D eigenvalue weighted by Gasteiger charge is -2.40. The zero-order chi connectivity index (χ0) is 22.0. The number of pyridine rings is 1. The molecule has 7 heteroatoms. The molecule has 1 fully saturated rings. The van der Waals surface area contributed by atoms with E-state index >= 15 is 0 Å². The van der Waals surface area contributed by atoms with E-state index in [1.807, 2.05) is 25.1 Å². The molecule has 0 spiro atoms. The summed E-state index contributed by atoms with van der Waals surface area (Å²) in [6.07, 6.45) is 0.746. The molecule has 6 nitrogen and oxygen atoms in total. The minimum Gasteiger partial charge on any atom is -0.477 e. The van der Waals surface area contributed by atoms with Crippen molar-refractivity contribution in [1.29, 1.82) is 0 Å². The summed E-state index contributed by atoms with van der Waals surface area (Å²) in [6.45, 7) is 4.77. The van der Waals surface area contributed by atoms with Gasteiger partial charge in [-0.1, -0.05) is 18.2 Å². The van der Waals surface area contributed by atoms with Gasteiger partial charge in [0.15, 0.2) is 17.7 Å². The van der Waals surface area contributed by atoms with Crippen LogP contribution in [-0.2, 0) is 4.79 Å². The van der Waals surface area contributed by atoms with Gasteiger partial charge in [-0.15, -0.1) is 0 Å². The average molecular weight is 421 g/mol. The SMILES string of the molecule is CC(Oc1c(F)ccc2ncccc12)C(=O)N1CCN(C(=O)c2ccccc2)C[C@H]1C. The lowest BCUT2D eigenvalue weighted by molar-refractivity contribution is -0.142. The number of carbonyl (C=O) groups excluding carboxylic acids is 2. The highest BCUT2D eigenvalue weighted by Crippen LogP contribution is 2.29. The zero-order valence-electron chi connectivity index (χ0n) is 17.5. The maximum Gasteiger partial charge on any atom is 0.263 e. The first kappa shape index (κ1) is 20.8. The summed E-state index contributed by atoms with van der Waals surface area (Å²) in [7, 11) is 0. The third-order valence-electron chi connectivity index (χ3n) is 5.55. The van der Waals surface area contributed by atoms with Gasteiger partial charge in [0.2, 0.25) is 0 Å². The van der Waals surface area contributed by atoms with Crippen LogP contribution < -0.4 is 4.74 Å². The summed E-state index contributed by atoms with van der Waals surface area (Å²) in [5.74, 6) is -0.794. The van der Waals surface area contributed by atoms with E-state index in [2.05, 4.69) is 4.98 Å². The molecule has 0 bridgehead atoms. The molecule has 1 aliphatic rings. The molecule has 2 heterocycles. The number of halogens is 1. The number of aromatic nitrogens is 1. The Hall–Kier alpha value is -3.48.